The quantitative estimate of drug-likeness (QED) is 0.771. The molecular weight excluding hydrogens is 251 g/mol. The van der Waals surface area contributed by atoms with Crippen LogP contribution in [0.3, 0.4) is 0 Å². The number of unbranched alkanes of at least 4 members (excludes halogenated alkanes) is 1. The number of aromatic nitrogens is 2. The van der Waals surface area contributed by atoms with Crippen molar-refractivity contribution in [3.05, 3.63) is 16.7 Å². The molecule has 18 heavy (non-hydrogen) atoms. The summed E-state index contributed by atoms with van der Waals surface area (Å²) in [5, 5.41) is 2.77. The van der Waals surface area contributed by atoms with Crippen LogP contribution in [0.25, 0.3) is 0 Å². The van der Waals surface area contributed by atoms with E-state index >= 15 is 0 Å². The van der Waals surface area contributed by atoms with Crippen LogP contribution in [0, 0.1) is 0 Å². The first-order chi connectivity index (χ1) is 8.44. The summed E-state index contributed by atoms with van der Waals surface area (Å²) >= 11 is 0. The first-order valence-corrected chi connectivity index (χ1v) is 5.36. The van der Waals surface area contributed by atoms with Gasteiger partial charge in [0.25, 0.3) is 5.56 Å². The van der Waals surface area contributed by atoms with Gasteiger partial charge in [0.2, 0.25) is 5.75 Å². The summed E-state index contributed by atoms with van der Waals surface area (Å²) in [5.74, 6) is 0.251. The predicted octanol–water partition coefficient (Wildman–Crippen LogP) is 1.92. The van der Waals surface area contributed by atoms with E-state index < -0.39 is 18.2 Å². The largest absolute Gasteiger partial charge is 0.489 e. The summed E-state index contributed by atoms with van der Waals surface area (Å²) < 4.78 is 40.5. The van der Waals surface area contributed by atoms with Crippen LogP contribution in [0.4, 0.5) is 19.0 Å². The van der Waals surface area contributed by atoms with Crippen LogP contribution in [-0.2, 0) is 0 Å². The molecule has 0 atom stereocenters. The van der Waals surface area contributed by atoms with Crippen molar-refractivity contribution in [2.24, 2.45) is 0 Å². The fourth-order valence-electron chi connectivity index (χ4n) is 1.36. The molecule has 0 aromatic carbocycles. The summed E-state index contributed by atoms with van der Waals surface area (Å²) in [6, 6.07) is 0. The Balaban J connectivity index is 2.40. The highest BCUT2D eigenvalue weighted by atomic mass is 19.4. The van der Waals surface area contributed by atoms with Gasteiger partial charge in [-0.2, -0.15) is 13.2 Å². The number of hydrogen-bond donors (Lipinski definition) is 2. The van der Waals surface area contributed by atoms with E-state index in [-0.39, 0.29) is 18.0 Å². The molecule has 0 radical (unpaired) electrons. The van der Waals surface area contributed by atoms with Crippen molar-refractivity contribution < 1.29 is 17.9 Å². The van der Waals surface area contributed by atoms with Gasteiger partial charge in [0.1, 0.15) is 0 Å². The van der Waals surface area contributed by atoms with Crippen LogP contribution in [0.15, 0.2) is 11.1 Å². The third kappa shape index (κ3) is 4.64. The number of halogens is 3. The number of ether oxygens (including phenoxy) is 1. The molecule has 0 aliphatic rings. The maximum atomic E-state index is 11.9. The Morgan fingerprint density at radius 3 is 2.78 bits per heavy atom. The highest BCUT2D eigenvalue weighted by Crippen LogP contribution is 2.22. The Morgan fingerprint density at radius 2 is 2.17 bits per heavy atom. The number of rotatable bonds is 6. The molecule has 8 heteroatoms. The lowest BCUT2D eigenvalue weighted by molar-refractivity contribution is -0.135. The Morgan fingerprint density at radius 1 is 1.44 bits per heavy atom. The first kappa shape index (κ1) is 14.3. The van der Waals surface area contributed by atoms with Gasteiger partial charge in [-0.1, -0.05) is 0 Å². The van der Waals surface area contributed by atoms with Crippen LogP contribution in [-0.4, -0.2) is 29.8 Å². The van der Waals surface area contributed by atoms with Crippen molar-refractivity contribution in [2.75, 3.05) is 19.0 Å². The van der Waals surface area contributed by atoms with Crippen molar-refractivity contribution in [2.45, 2.75) is 25.4 Å². The highest BCUT2D eigenvalue weighted by molar-refractivity contribution is 5.47. The van der Waals surface area contributed by atoms with Gasteiger partial charge in [0, 0.05) is 13.0 Å². The van der Waals surface area contributed by atoms with Gasteiger partial charge in [-0.15, -0.1) is 0 Å². The monoisotopic (exact) mass is 265 g/mol. The molecule has 0 bridgehead atoms. The molecule has 2 N–H and O–H groups in total. The summed E-state index contributed by atoms with van der Waals surface area (Å²) in [6.07, 6.45) is -3.38. The van der Waals surface area contributed by atoms with E-state index in [1.807, 2.05) is 0 Å². The fraction of sp³-hybridized carbons (Fsp3) is 0.600. The second kappa shape index (κ2) is 6.27. The molecule has 1 rings (SSSR count). The van der Waals surface area contributed by atoms with Gasteiger partial charge in [-0.25, -0.2) is 4.98 Å². The molecule has 0 spiro atoms. The molecule has 0 unspecified atom stereocenters. The molecule has 0 saturated heterocycles. The Hall–Kier alpha value is -1.73. The number of nitrogens with one attached hydrogen (secondary N) is 2. The number of methoxy groups -OCH3 is 1. The zero-order chi connectivity index (χ0) is 13.6. The number of anilines is 1. The molecule has 1 aromatic rings. The van der Waals surface area contributed by atoms with E-state index in [2.05, 4.69) is 15.3 Å². The standard InChI is InChI=1S/C10H14F3N3O2/c1-18-7-8(15-6-16-9(7)17)14-5-3-2-4-10(11,12)13/h6H,2-5H2,1H3,(H2,14,15,16,17). The van der Waals surface area contributed by atoms with Crippen molar-refractivity contribution in [3.63, 3.8) is 0 Å². The summed E-state index contributed by atoms with van der Waals surface area (Å²) in [6.45, 7) is 0.295. The van der Waals surface area contributed by atoms with Crippen LogP contribution >= 0.6 is 0 Å². The average molecular weight is 265 g/mol. The molecule has 1 heterocycles. The van der Waals surface area contributed by atoms with E-state index in [1.54, 1.807) is 0 Å². The lowest BCUT2D eigenvalue weighted by Gasteiger charge is -2.09. The second-order valence-corrected chi connectivity index (χ2v) is 3.61. The minimum Gasteiger partial charge on any atom is -0.489 e. The average Bonchev–Trinajstić information content (AvgIpc) is 2.27. The number of aromatic amines is 1. The van der Waals surface area contributed by atoms with E-state index in [0.29, 0.717) is 13.0 Å². The highest BCUT2D eigenvalue weighted by Gasteiger charge is 2.25. The molecule has 0 amide bonds. The third-order valence-corrected chi connectivity index (χ3v) is 2.19. The van der Waals surface area contributed by atoms with Crippen molar-refractivity contribution >= 4 is 5.82 Å². The SMILES string of the molecule is COc1c(NCCCCC(F)(F)F)nc[nH]c1=O. The van der Waals surface area contributed by atoms with Gasteiger partial charge < -0.3 is 15.0 Å². The Bertz CT molecular complexity index is 431. The summed E-state index contributed by atoms with van der Waals surface area (Å²) in [5.41, 5.74) is -0.440. The topological polar surface area (TPSA) is 67.0 Å². The van der Waals surface area contributed by atoms with E-state index in [0.717, 1.165) is 0 Å². The van der Waals surface area contributed by atoms with Crippen LogP contribution in [0.1, 0.15) is 19.3 Å². The molecule has 5 nitrogen and oxygen atoms in total. The normalized spacial score (nSPS) is 11.3. The molecule has 102 valence electrons. The number of nitrogens with zero attached hydrogens (tertiary/aromatic N) is 1. The van der Waals surface area contributed by atoms with E-state index in [4.69, 9.17) is 4.74 Å². The lowest BCUT2D eigenvalue weighted by Crippen LogP contribution is -2.15. The zero-order valence-electron chi connectivity index (χ0n) is 9.80. The molecule has 0 saturated carbocycles. The predicted molar refractivity (Wildman–Crippen MR) is 59.8 cm³/mol. The molecule has 0 aliphatic heterocycles. The Labute approximate surface area is 101 Å². The minimum absolute atomic E-state index is 0.0216. The van der Waals surface area contributed by atoms with Crippen molar-refractivity contribution in [1.82, 2.24) is 9.97 Å². The number of alkyl halides is 3. The fourth-order valence-corrected chi connectivity index (χ4v) is 1.36. The van der Waals surface area contributed by atoms with Gasteiger partial charge >= 0.3 is 6.18 Å². The third-order valence-electron chi connectivity index (χ3n) is 2.19. The van der Waals surface area contributed by atoms with Gasteiger partial charge in [0.15, 0.2) is 5.82 Å². The maximum absolute atomic E-state index is 11.9. The zero-order valence-corrected chi connectivity index (χ0v) is 9.80. The van der Waals surface area contributed by atoms with Crippen molar-refractivity contribution in [1.29, 1.82) is 0 Å². The maximum Gasteiger partial charge on any atom is 0.389 e. The number of hydrogen-bond acceptors (Lipinski definition) is 4. The summed E-state index contributed by atoms with van der Waals surface area (Å²) in [4.78, 5) is 17.5. The molecule has 1 aromatic heterocycles. The lowest BCUT2D eigenvalue weighted by atomic mass is 10.2. The number of H-pyrrole nitrogens is 1. The molecular formula is C10H14F3N3O2. The van der Waals surface area contributed by atoms with E-state index in [1.165, 1.54) is 13.4 Å². The Kier molecular flexibility index (Phi) is 4.99. The van der Waals surface area contributed by atoms with Crippen LogP contribution in [0.5, 0.6) is 5.75 Å². The summed E-state index contributed by atoms with van der Waals surface area (Å²) in [7, 11) is 1.32. The van der Waals surface area contributed by atoms with Gasteiger partial charge in [-0.05, 0) is 12.8 Å². The first-order valence-electron chi connectivity index (χ1n) is 5.36. The van der Waals surface area contributed by atoms with Crippen LogP contribution in [0.2, 0.25) is 0 Å². The molecule has 0 aliphatic carbocycles. The van der Waals surface area contributed by atoms with Crippen LogP contribution < -0.4 is 15.6 Å². The van der Waals surface area contributed by atoms with Gasteiger partial charge in [-0.3, -0.25) is 4.79 Å². The minimum atomic E-state index is -4.13. The van der Waals surface area contributed by atoms with Gasteiger partial charge in [0.05, 0.1) is 13.4 Å². The smallest absolute Gasteiger partial charge is 0.389 e. The van der Waals surface area contributed by atoms with Crippen molar-refractivity contribution in [3.8, 4) is 5.75 Å². The van der Waals surface area contributed by atoms with E-state index in [9.17, 15) is 18.0 Å². The molecule has 0 fully saturated rings. The second-order valence-electron chi connectivity index (χ2n) is 3.61.